The molecule has 2 aliphatic heterocycles. The maximum atomic E-state index is 9.09. The molecule has 2 N–H and O–H groups in total. The van der Waals surface area contributed by atoms with E-state index < -0.39 is 0 Å². The Morgan fingerprint density at radius 1 is 1.22 bits per heavy atom. The SMILES string of the molecule is C[C@@]12CCC3(C[C@@H]1CC[C@H](CCO)N2)OCCO3. The minimum atomic E-state index is -0.268. The number of aliphatic hydroxyl groups excluding tert-OH is 1. The van der Waals surface area contributed by atoms with E-state index in [1.165, 1.54) is 6.42 Å². The second-order valence-electron chi connectivity index (χ2n) is 6.36. The first-order valence-electron chi connectivity index (χ1n) is 7.32. The molecule has 3 fully saturated rings. The first-order valence-corrected chi connectivity index (χ1v) is 7.32. The molecule has 0 bridgehead atoms. The molecular weight excluding hydrogens is 230 g/mol. The number of hydrogen-bond acceptors (Lipinski definition) is 4. The van der Waals surface area contributed by atoms with Gasteiger partial charge in [-0.2, -0.15) is 0 Å². The van der Waals surface area contributed by atoms with Crippen molar-refractivity contribution in [3.8, 4) is 0 Å². The second-order valence-corrected chi connectivity index (χ2v) is 6.36. The Bertz CT molecular complexity index is 303. The molecular formula is C14H25NO3. The lowest BCUT2D eigenvalue weighted by molar-refractivity contribution is -0.203. The standard InChI is InChI=1S/C14H25NO3/c1-13-5-6-14(17-8-9-18-14)10-11(13)2-3-12(15-13)4-7-16/h11-12,15-16H,2-10H2,1H3/t11-,12+,13+/m0/s1. The predicted octanol–water partition coefficient (Wildman–Crippen LogP) is 1.42. The van der Waals surface area contributed by atoms with E-state index in [1.807, 2.05) is 0 Å². The maximum Gasteiger partial charge on any atom is 0.168 e. The number of nitrogens with one attached hydrogen (secondary N) is 1. The fourth-order valence-corrected chi connectivity index (χ4v) is 4.04. The molecule has 1 saturated carbocycles. The van der Waals surface area contributed by atoms with Gasteiger partial charge in [0.25, 0.3) is 0 Å². The number of ether oxygens (including phenoxy) is 2. The van der Waals surface area contributed by atoms with Crippen LogP contribution in [-0.2, 0) is 9.47 Å². The zero-order valence-corrected chi connectivity index (χ0v) is 11.3. The number of fused-ring (bicyclic) bond motifs is 1. The quantitative estimate of drug-likeness (QED) is 0.783. The van der Waals surface area contributed by atoms with E-state index in [0.717, 1.165) is 45.3 Å². The van der Waals surface area contributed by atoms with Gasteiger partial charge in [-0.15, -0.1) is 0 Å². The number of piperidine rings is 1. The topological polar surface area (TPSA) is 50.7 Å². The third-order valence-corrected chi connectivity index (χ3v) is 5.17. The van der Waals surface area contributed by atoms with Gasteiger partial charge >= 0.3 is 0 Å². The molecule has 3 atom stereocenters. The highest BCUT2D eigenvalue weighted by atomic mass is 16.7. The molecule has 4 nitrogen and oxygen atoms in total. The van der Waals surface area contributed by atoms with Crippen LogP contribution in [-0.4, -0.2) is 42.3 Å². The fraction of sp³-hybridized carbons (Fsp3) is 1.00. The van der Waals surface area contributed by atoms with E-state index >= 15 is 0 Å². The van der Waals surface area contributed by atoms with Crippen LogP contribution >= 0.6 is 0 Å². The molecule has 3 aliphatic rings. The molecule has 2 heterocycles. The van der Waals surface area contributed by atoms with Crippen LogP contribution in [0, 0.1) is 5.92 Å². The molecule has 3 rings (SSSR count). The Kier molecular flexibility index (Phi) is 3.39. The molecule has 0 aromatic heterocycles. The molecule has 0 amide bonds. The second kappa shape index (κ2) is 4.75. The number of hydrogen-bond donors (Lipinski definition) is 2. The van der Waals surface area contributed by atoms with Crippen molar-refractivity contribution in [3.05, 3.63) is 0 Å². The van der Waals surface area contributed by atoms with Gasteiger partial charge in [-0.05, 0) is 38.5 Å². The van der Waals surface area contributed by atoms with Crippen LogP contribution < -0.4 is 5.32 Å². The van der Waals surface area contributed by atoms with E-state index in [0.29, 0.717) is 12.0 Å². The minimum Gasteiger partial charge on any atom is -0.396 e. The largest absolute Gasteiger partial charge is 0.396 e. The van der Waals surface area contributed by atoms with Gasteiger partial charge in [-0.1, -0.05) is 0 Å². The van der Waals surface area contributed by atoms with E-state index in [4.69, 9.17) is 14.6 Å². The highest BCUT2D eigenvalue weighted by Gasteiger charge is 2.51. The summed E-state index contributed by atoms with van der Waals surface area (Å²) >= 11 is 0. The fourth-order valence-electron chi connectivity index (χ4n) is 4.04. The van der Waals surface area contributed by atoms with Crippen molar-refractivity contribution in [2.75, 3.05) is 19.8 Å². The van der Waals surface area contributed by atoms with E-state index in [-0.39, 0.29) is 17.9 Å². The molecule has 104 valence electrons. The van der Waals surface area contributed by atoms with Gasteiger partial charge in [0.2, 0.25) is 0 Å². The summed E-state index contributed by atoms with van der Waals surface area (Å²) in [6.07, 6.45) is 6.40. The van der Waals surface area contributed by atoms with Crippen molar-refractivity contribution in [2.45, 2.75) is 62.8 Å². The zero-order chi connectivity index (χ0) is 12.6. The molecule has 18 heavy (non-hydrogen) atoms. The predicted molar refractivity (Wildman–Crippen MR) is 68.2 cm³/mol. The van der Waals surface area contributed by atoms with Gasteiger partial charge in [0, 0.05) is 31.0 Å². The van der Waals surface area contributed by atoms with Gasteiger partial charge in [-0.3, -0.25) is 0 Å². The first-order chi connectivity index (χ1) is 8.66. The van der Waals surface area contributed by atoms with Crippen LogP contribution in [0.3, 0.4) is 0 Å². The van der Waals surface area contributed by atoms with Crippen LogP contribution in [0.15, 0.2) is 0 Å². The van der Waals surface area contributed by atoms with Gasteiger partial charge in [0.05, 0.1) is 13.2 Å². The van der Waals surface area contributed by atoms with Crippen molar-refractivity contribution in [2.24, 2.45) is 5.92 Å². The molecule has 0 radical (unpaired) electrons. The Balaban J connectivity index is 1.67. The van der Waals surface area contributed by atoms with Gasteiger partial charge < -0.3 is 19.9 Å². The highest BCUT2D eigenvalue weighted by Crippen LogP contribution is 2.47. The van der Waals surface area contributed by atoms with Gasteiger partial charge in [0.1, 0.15) is 0 Å². The number of aliphatic hydroxyl groups is 1. The summed E-state index contributed by atoms with van der Waals surface area (Å²) in [6.45, 7) is 4.13. The van der Waals surface area contributed by atoms with Crippen LogP contribution in [0.1, 0.15) is 45.4 Å². The van der Waals surface area contributed by atoms with E-state index in [1.54, 1.807) is 0 Å². The Morgan fingerprint density at radius 2 is 2.00 bits per heavy atom. The molecule has 0 aromatic rings. The molecule has 1 aliphatic carbocycles. The summed E-state index contributed by atoms with van der Waals surface area (Å²) in [5.74, 6) is 0.370. The Hall–Kier alpha value is -0.160. The number of rotatable bonds is 2. The molecule has 0 unspecified atom stereocenters. The lowest BCUT2D eigenvalue weighted by Crippen LogP contribution is -2.61. The summed E-state index contributed by atoms with van der Waals surface area (Å²) in [4.78, 5) is 0. The Morgan fingerprint density at radius 3 is 2.72 bits per heavy atom. The monoisotopic (exact) mass is 255 g/mol. The average Bonchev–Trinajstić information content (AvgIpc) is 2.80. The van der Waals surface area contributed by atoms with E-state index in [9.17, 15) is 0 Å². The smallest absolute Gasteiger partial charge is 0.168 e. The third-order valence-electron chi connectivity index (χ3n) is 5.17. The van der Waals surface area contributed by atoms with Crippen molar-refractivity contribution in [1.29, 1.82) is 0 Å². The molecule has 1 spiro atoms. The van der Waals surface area contributed by atoms with Crippen LogP contribution in [0.25, 0.3) is 0 Å². The minimum absolute atomic E-state index is 0.207. The zero-order valence-electron chi connectivity index (χ0n) is 11.3. The van der Waals surface area contributed by atoms with Crippen LogP contribution in [0.2, 0.25) is 0 Å². The lowest BCUT2D eigenvalue weighted by atomic mass is 9.66. The first kappa shape index (κ1) is 12.9. The summed E-state index contributed by atoms with van der Waals surface area (Å²) in [5.41, 5.74) is 0.207. The van der Waals surface area contributed by atoms with Crippen LogP contribution in [0.5, 0.6) is 0 Å². The normalized spacial score (nSPS) is 43.0. The van der Waals surface area contributed by atoms with Crippen molar-refractivity contribution < 1.29 is 14.6 Å². The summed E-state index contributed by atoms with van der Waals surface area (Å²) in [5, 5.41) is 12.9. The van der Waals surface area contributed by atoms with Gasteiger partial charge in [0.15, 0.2) is 5.79 Å². The Labute approximate surface area is 109 Å². The van der Waals surface area contributed by atoms with Crippen LogP contribution in [0.4, 0.5) is 0 Å². The lowest BCUT2D eigenvalue weighted by Gasteiger charge is -2.52. The van der Waals surface area contributed by atoms with Gasteiger partial charge in [-0.25, -0.2) is 0 Å². The van der Waals surface area contributed by atoms with Crippen molar-refractivity contribution >= 4 is 0 Å². The molecule has 0 aromatic carbocycles. The average molecular weight is 255 g/mol. The summed E-state index contributed by atoms with van der Waals surface area (Å²) < 4.78 is 11.7. The maximum absolute atomic E-state index is 9.09. The summed E-state index contributed by atoms with van der Waals surface area (Å²) in [7, 11) is 0. The summed E-state index contributed by atoms with van der Waals surface area (Å²) in [6, 6.07) is 0.482. The molecule has 4 heteroatoms. The third kappa shape index (κ3) is 2.20. The van der Waals surface area contributed by atoms with Crippen molar-refractivity contribution in [3.63, 3.8) is 0 Å². The van der Waals surface area contributed by atoms with E-state index in [2.05, 4.69) is 12.2 Å². The molecule has 2 saturated heterocycles. The highest BCUT2D eigenvalue weighted by molar-refractivity contribution is 5.03. The van der Waals surface area contributed by atoms with Crippen molar-refractivity contribution in [1.82, 2.24) is 5.32 Å².